The molecule has 2 heterocycles. The van der Waals surface area contributed by atoms with Gasteiger partial charge in [-0.2, -0.15) is 0 Å². The molecule has 2 aromatic carbocycles. The molecule has 1 aliphatic heterocycles. The van der Waals surface area contributed by atoms with Crippen molar-refractivity contribution >= 4 is 28.7 Å². The molecule has 1 aromatic heterocycles. The van der Waals surface area contributed by atoms with E-state index in [9.17, 15) is 9.59 Å². The summed E-state index contributed by atoms with van der Waals surface area (Å²) in [6.07, 6.45) is 0. The maximum Gasteiger partial charge on any atom is 0.265 e. The van der Waals surface area contributed by atoms with Crippen LogP contribution in [0.1, 0.15) is 27.0 Å². The quantitative estimate of drug-likeness (QED) is 0.671. The van der Waals surface area contributed by atoms with Crippen LogP contribution in [-0.4, -0.2) is 24.9 Å². The van der Waals surface area contributed by atoms with Crippen molar-refractivity contribution in [3.63, 3.8) is 0 Å². The average molecular weight is 379 g/mol. The summed E-state index contributed by atoms with van der Waals surface area (Å²) in [5.41, 5.74) is 1.98. The van der Waals surface area contributed by atoms with Gasteiger partial charge in [0.2, 0.25) is 0 Å². The summed E-state index contributed by atoms with van der Waals surface area (Å²) in [5.74, 6) is 1.13. The molecule has 0 saturated carbocycles. The van der Waals surface area contributed by atoms with Crippen LogP contribution < -0.4 is 14.8 Å². The van der Waals surface area contributed by atoms with Crippen molar-refractivity contribution in [1.82, 2.24) is 0 Å². The van der Waals surface area contributed by atoms with Gasteiger partial charge < -0.3 is 14.8 Å². The number of hydrogen-bond acceptors (Lipinski definition) is 5. The Morgan fingerprint density at radius 1 is 0.963 bits per heavy atom. The Morgan fingerprint density at radius 2 is 1.74 bits per heavy atom. The van der Waals surface area contributed by atoms with E-state index in [4.69, 9.17) is 9.47 Å². The summed E-state index contributed by atoms with van der Waals surface area (Å²) in [4.78, 5) is 25.9. The molecule has 5 nitrogen and oxygen atoms in total. The van der Waals surface area contributed by atoms with Crippen LogP contribution in [0.4, 0.5) is 5.69 Å². The molecule has 0 aliphatic carbocycles. The fourth-order valence-corrected chi connectivity index (χ4v) is 3.79. The monoisotopic (exact) mass is 379 g/mol. The third kappa shape index (κ3) is 3.57. The van der Waals surface area contributed by atoms with E-state index in [2.05, 4.69) is 5.32 Å². The molecule has 0 saturated heterocycles. The zero-order chi connectivity index (χ0) is 18.8. The number of benzene rings is 2. The highest BCUT2D eigenvalue weighted by molar-refractivity contribution is 7.17. The lowest BCUT2D eigenvalue weighted by Crippen LogP contribution is -2.15. The lowest BCUT2D eigenvalue weighted by Gasteiger charge is -2.18. The van der Waals surface area contributed by atoms with Gasteiger partial charge in [0.25, 0.3) is 5.91 Å². The Labute approximate surface area is 160 Å². The molecule has 136 valence electrons. The third-order valence-corrected chi connectivity index (χ3v) is 5.34. The standard InChI is InChI=1S/C21H17NO4S/c1-13(23)15-4-2-3-5-16(15)22-21(24)20-9-8-19(27-20)14-6-7-17-18(12-14)26-11-10-25-17/h2-9,12H,10-11H2,1H3,(H,22,24). The van der Waals surface area contributed by atoms with E-state index >= 15 is 0 Å². The van der Waals surface area contributed by atoms with Gasteiger partial charge >= 0.3 is 0 Å². The van der Waals surface area contributed by atoms with Crippen molar-refractivity contribution < 1.29 is 19.1 Å². The first-order valence-corrected chi connectivity index (χ1v) is 9.34. The molecular formula is C21H17NO4S. The predicted molar refractivity (Wildman–Crippen MR) is 105 cm³/mol. The van der Waals surface area contributed by atoms with Crippen LogP contribution in [0.3, 0.4) is 0 Å². The van der Waals surface area contributed by atoms with Gasteiger partial charge in [-0.3, -0.25) is 9.59 Å². The summed E-state index contributed by atoms with van der Waals surface area (Å²) in [7, 11) is 0. The van der Waals surface area contributed by atoms with Crippen LogP contribution in [0.5, 0.6) is 11.5 Å². The second-order valence-corrected chi connectivity index (χ2v) is 7.16. The second kappa shape index (κ2) is 7.25. The van der Waals surface area contributed by atoms with Gasteiger partial charge in [-0.1, -0.05) is 12.1 Å². The molecular weight excluding hydrogens is 362 g/mol. The maximum atomic E-state index is 12.6. The lowest BCUT2D eigenvalue weighted by atomic mass is 10.1. The number of ketones is 1. The van der Waals surface area contributed by atoms with Gasteiger partial charge in [-0.15, -0.1) is 11.3 Å². The fourth-order valence-electron chi connectivity index (χ4n) is 2.89. The minimum atomic E-state index is -0.238. The van der Waals surface area contributed by atoms with Crippen LogP contribution in [0.2, 0.25) is 0 Å². The van der Waals surface area contributed by atoms with Gasteiger partial charge in [-0.05, 0) is 55.0 Å². The Bertz CT molecular complexity index is 1020. The number of anilines is 1. The van der Waals surface area contributed by atoms with E-state index in [0.717, 1.165) is 16.2 Å². The maximum absolute atomic E-state index is 12.6. The number of amides is 1. The largest absolute Gasteiger partial charge is 0.486 e. The van der Waals surface area contributed by atoms with Gasteiger partial charge in [-0.25, -0.2) is 0 Å². The Morgan fingerprint density at radius 3 is 2.56 bits per heavy atom. The summed E-state index contributed by atoms with van der Waals surface area (Å²) in [5, 5.41) is 2.83. The van der Waals surface area contributed by atoms with Gasteiger partial charge in [0.1, 0.15) is 13.2 Å². The molecule has 0 spiro atoms. The lowest BCUT2D eigenvalue weighted by molar-refractivity contribution is 0.101. The Kier molecular flexibility index (Phi) is 4.64. The molecule has 0 unspecified atom stereocenters. The van der Waals surface area contributed by atoms with Crippen molar-refractivity contribution in [3.8, 4) is 21.9 Å². The minimum absolute atomic E-state index is 0.0888. The SMILES string of the molecule is CC(=O)c1ccccc1NC(=O)c1ccc(-c2ccc3c(c2)OCCO3)s1. The summed E-state index contributed by atoms with van der Waals surface area (Å²) < 4.78 is 11.2. The van der Waals surface area contributed by atoms with Crippen LogP contribution in [0.25, 0.3) is 10.4 Å². The Hall–Kier alpha value is -3.12. The molecule has 6 heteroatoms. The summed E-state index contributed by atoms with van der Waals surface area (Å²) in [6, 6.07) is 16.4. The van der Waals surface area contributed by atoms with Crippen LogP contribution in [0.15, 0.2) is 54.6 Å². The molecule has 0 bridgehead atoms. The zero-order valence-corrected chi connectivity index (χ0v) is 15.5. The van der Waals surface area contributed by atoms with Crippen molar-refractivity contribution in [2.24, 2.45) is 0 Å². The van der Waals surface area contributed by atoms with E-state index in [1.54, 1.807) is 30.3 Å². The van der Waals surface area contributed by atoms with E-state index in [-0.39, 0.29) is 11.7 Å². The number of rotatable bonds is 4. The van der Waals surface area contributed by atoms with Gasteiger partial charge in [0.05, 0.1) is 10.6 Å². The first-order chi connectivity index (χ1) is 13.1. The smallest absolute Gasteiger partial charge is 0.265 e. The number of fused-ring (bicyclic) bond motifs is 1. The number of hydrogen-bond donors (Lipinski definition) is 1. The number of thiophene rings is 1. The molecule has 4 rings (SSSR count). The molecule has 0 radical (unpaired) electrons. The van der Waals surface area contributed by atoms with E-state index < -0.39 is 0 Å². The minimum Gasteiger partial charge on any atom is -0.486 e. The van der Waals surface area contributed by atoms with Crippen molar-refractivity contribution in [2.45, 2.75) is 6.92 Å². The average Bonchev–Trinajstić information content (AvgIpc) is 3.18. The number of ether oxygens (including phenoxy) is 2. The summed E-state index contributed by atoms with van der Waals surface area (Å²) in [6.45, 7) is 2.57. The van der Waals surface area contributed by atoms with Crippen molar-refractivity contribution in [3.05, 3.63) is 65.0 Å². The number of Topliss-reactive ketones (excluding diaryl/α,β-unsaturated/α-hetero) is 1. The predicted octanol–water partition coefficient (Wildman–Crippen LogP) is 4.64. The van der Waals surface area contributed by atoms with Crippen LogP contribution >= 0.6 is 11.3 Å². The van der Waals surface area contributed by atoms with Crippen molar-refractivity contribution in [2.75, 3.05) is 18.5 Å². The number of carbonyl (C=O) groups is 2. The first-order valence-electron chi connectivity index (χ1n) is 8.53. The number of carbonyl (C=O) groups excluding carboxylic acids is 2. The number of para-hydroxylation sites is 1. The fraction of sp³-hybridized carbons (Fsp3) is 0.143. The molecule has 1 amide bonds. The number of nitrogens with one attached hydrogen (secondary N) is 1. The zero-order valence-electron chi connectivity index (χ0n) is 14.7. The van der Waals surface area contributed by atoms with Crippen molar-refractivity contribution in [1.29, 1.82) is 0 Å². The van der Waals surface area contributed by atoms with Gasteiger partial charge in [0.15, 0.2) is 17.3 Å². The normalized spacial score (nSPS) is 12.5. The highest BCUT2D eigenvalue weighted by Crippen LogP contribution is 2.37. The second-order valence-electron chi connectivity index (χ2n) is 6.08. The molecule has 0 atom stereocenters. The molecule has 3 aromatic rings. The van der Waals surface area contributed by atoms with E-state index in [1.807, 2.05) is 24.3 Å². The highest BCUT2D eigenvalue weighted by Gasteiger charge is 2.16. The van der Waals surface area contributed by atoms with E-state index in [0.29, 0.717) is 35.1 Å². The van der Waals surface area contributed by atoms with Gasteiger partial charge in [0, 0.05) is 10.4 Å². The summed E-state index contributed by atoms with van der Waals surface area (Å²) >= 11 is 1.38. The molecule has 1 N–H and O–H groups in total. The Balaban J connectivity index is 1.56. The highest BCUT2D eigenvalue weighted by atomic mass is 32.1. The van der Waals surface area contributed by atoms with E-state index in [1.165, 1.54) is 18.3 Å². The van der Waals surface area contributed by atoms with Crippen LogP contribution in [-0.2, 0) is 0 Å². The topological polar surface area (TPSA) is 64.6 Å². The molecule has 0 fully saturated rings. The first kappa shape index (κ1) is 17.3. The third-order valence-electron chi connectivity index (χ3n) is 4.21. The van der Waals surface area contributed by atoms with Crippen LogP contribution in [0, 0.1) is 0 Å². The molecule has 1 aliphatic rings. The molecule has 27 heavy (non-hydrogen) atoms.